The van der Waals surface area contributed by atoms with E-state index in [0.717, 1.165) is 68.7 Å². The first-order chi connectivity index (χ1) is 44.7. The Morgan fingerprint density at radius 1 is 0.516 bits per heavy atom. The largest absolute Gasteiger partial charge is 0.478 e. The number of rotatable bonds is 16. The molecule has 93 heavy (non-hydrogen) atoms. The summed E-state index contributed by atoms with van der Waals surface area (Å²) < 4.78 is 0. The van der Waals surface area contributed by atoms with Crippen molar-refractivity contribution in [3.05, 3.63) is 165 Å². The number of nitrogens with two attached hydrogens (primary N) is 2. The van der Waals surface area contributed by atoms with E-state index in [1.54, 1.807) is 60.8 Å². The first kappa shape index (κ1) is 68.1. The molecular weight excluding hydrogens is 1200 g/mol. The number of nitrogens with one attached hydrogen (secondary N) is 3. The number of anilines is 6. The number of nitrogens with zero attached hydrogens (tertiary/aromatic N) is 7. The molecule has 5 aliphatic heterocycles. The van der Waals surface area contributed by atoms with Gasteiger partial charge in [0.1, 0.15) is 28.3 Å². The number of Topliss-reactive ketones (excluding diaryl/α,β-unsaturated/α-hetero) is 1. The van der Waals surface area contributed by atoms with E-state index >= 15 is 0 Å². The number of aryl methyl sites for hydroxylation is 2. The van der Waals surface area contributed by atoms with Crippen LogP contribution in [0.3, 0.4) is 0 Å². The van der Waals surface area contributed by atoms with Gasteiger partial charge in [-0.3, -0.25) is 33.7 Å². The Balaban J connectivity index is 0.000000165. The molecule has 490 valence electrons. The Kier molecular flexibility index (Phi) is 23.0. The summed E-state index contributed by atoms with van der Waals surface area (Å²) in [5.41, 5.74) is 16.3. The second-order valence-corrected chi connectivity index (χ2v) is 24.9. The number of piperidine rings is 5. The summed E-state index contributed by atoms with van der Waals surface area (Å²) in [6, 6.07) is 30.2. The van der Waals surface area contributed by atoms with Crippen molar-refractivity contribution < 1.29 is 48.6 Å². The third-order valence-corrected chi connectivity index (χ3v) is 18.8. The van der Waals surface area contributed by atoms with Gasteiger partial charge in [-0.1, -0.05) is 73.0 Å². The van der Waals surface area contributed by atoms with Crippen LogP contribution in [-0.2, 0) is 9.59 Å². The fourth-order valence-electron chi connectivity index (χ4n) is 13.2. The first-order valence-electron chi connectivity index (χ1n) is 32.0. The predicted octanol–water partition coefficient (Wildman–Crippen LogP) is 9.94. The Hall–Kier alpha value is -9.25. The number of aromatic carboxylic acids is 2. The molecule has 11 rings (SSSR count). The maximum Gasteiger partial charge on any atom is 0.339 e. The molecule has 0 radical (unpaired) electrons. The van der Waals surface area contributed by atoms with Crippen molar-refractivity contribution in [3.8, 4) is 0 Å². The lowest BCUT2D eigenvalue weighted by atomic mass is 9.83. The zero-order chi connectivity index (χ0) is 66.3. The molecule has 0 bridgehead atoms. The molecule has 2 aromatic heterocycles. The van der Waals surface area contributed by atoms with Gasteiger partial charge in [0.05, 0.1) is 40.0 Å². The van der Waals surface area contributed by atoms with E-state index in [4.69, 9.17) is 23.1 Å². The number of aromatic nitrogens is 2. The summed E-state index contributed by atoms with van der Waals surface area (Å²) in [4.78, 5) is 117. The van der Waals surface area contributed by atoms with E-state index in [1.807, 2.05) is 55.1 Å². The van der Waals surface area contributed by atoms with Gasteiger partial charge in [0.15, 0.2) is 5.78 Å². The van der Waals surface area contributed by atoms with Crippen LogP contribution >= 0.6 is 11.6 Å². The van der Waals surface area contributed by atoms with Gasteiger partial charge in [0.2, 0.25) is 11.8 Å². The van der Waals surface area contributed by atoms with Crippen molar-refractivity contribution in [1.29, 1.82) is 0 Å². The summed E-state index contributed by atoms with van der Waals surface area (Å²) in [6.45, 7) is 13.3. The number of benzene rings is 4. The Morgan fingerprint density at radius 3 is 1.44 bits per heavy atom. The SMILES string of the molecule is CC(=O)c1cc(N2CCC(C(N)=O)(N3CCCCC3)CC2)ccc1NC(=O)c1ccccc1Cl.Cc1ccccc1C(=O)Nc1cnc(N2CCC(C(N)=O)CC2)c(C(=O)O)c1.Cc1ccccc1C(=O)Nc1cnc(N2CCC(N3CCCCC3)CC2)c(C(=O)O)c1. The van der Waals surface area contributed by atoms with Crippen LogP contribution in [0.1, 0.15) is 157 Å². The van der Waals surface area contributed by atoms with E-state index in [1.165, 1.54) is 64.0 Å². The van der Waals surface area contributed by atoms with Gasteiger partial charge < -0.3 is 57.2 Å². The van der Waals surface area contributed by atoms with E-state index in [0.29, 0.717) is 114 Å². The van der Waals surface area contributed by atoms with Gasteiger partial charge in [-0.15, -0.1) is 0 Å². The van der Waals surface area contributed by atoms with Gasteiger partial charge >= 0.3 is 11.9 Å². The number of amides is 5. The number of primary amides is 2. The van der Waals surface area contributed by atoms with Crippen LogP contribution in [0.5, 0.6) is 0 Å². The minimum absolute atomic E-state index is 0.000101. The van der Waals surface area contributed by atoms with E-state index in [9.17, 15) is 48.6 Å². The zero-order valence-corrected chi connectivity index (χ0v) is 53.8. The molecule has 0 unspecified atom stereocenters. The summed E-state index contributed by atoms with van der Waals surface area (Å²) in [5.74, 6) is -3.24. The fourth-order valence-corrected chi connectivity index (χ4v) is 13.4. The molecule has 7 heterocycles. The molecule has 6 aromatic rings. The minimum atomic E-state index is -1.13. The summed E-state index contributed by atoms with van der Waals surface area (Å²) in [7, 11) is 0. The number of carboxylic acid groups (broad SMARTS) is 2. The molecule has 22 nitrogen and oxygen atoms in total. The molecule has 4 aromatic carbocycles. The van der Waals surface area contributed by atoms with Crippen molar-refractivity contribution >= 4 is 93.2 Å². The number of carbonyl (C=O) groups is 8. The highest BCUT2D eigenvalue weighted by atomic mass is 35.5. The van der Waals surface area contributed by atoms with Crippen LogP contribution in [0.25, 0.3) is 0 Å². The smallest absolute Gasteiger partial charge is 0.339 e. The highest BCUT2D eigenvalue weighted by Crippen LogP contribution is 2.36. The number of carbonyl (C=O) groups excluding carboxylic acids is 6. The summed E-state index contributed by atoms with van der Waals surface area (Å²) in [5, 5.41) is 28.0. The third kappa shape index (κ3) is 16.9. The number of hydrogen-bond donors (Lipinski definition) is 7. The molecule has 23 heteroatoms. The van der Waals surface area contributed by atoms with E-state index < -0.39 is 17.5 Å². The number of carboxylic acids is 2. The fraction of sp³-hybridized carbons (Fsp3) is 0.400. The molecule has 0 atom stereocenters. The Morgan fingerprint density at radius 2 is 0.978 bits per heavy atom. The van der Waals surface area contributed by atoms with Crippen molar-refractivity contribution in [2.45, 2.75) is 109 Å². The van der Waals surface area contributed by atoms with Crippen LogP contribution in [0.15, 0.2) is 116 Å². The first-order valence-corrected chi connectivity index (χ1v) is 32.3. The van der Waals surface area contributed by atoms with Crippen molar-refractivity contribution in [2.75, 3.05) is 96.1 Å². The van der Waals surface area contributed by atoms with Gasteiger partial charge in [0, 0.05) is 73.6 Å². The van der Waals surface area contributed by atoms with Crippen LogP contribution in [-0.4, -0.2) is 154 Å². The second-order valence-electron chi connectivity index (χ2n) is 24.5. The molecule has 0 aliphatic carbocycles. The normalized spacial score (nSPS) is 17.1. The molecule has 9 N–H and O–H groups in total. The lowest BCUT2D eigenvalue weighted by Gasteiger charge is -2.48. The highest BCUT2D eigenvalue weighted by molar-refractivity contribution is 6.34. The second kappa shape index (κ2) is 31.4. The van der Waals surface area contributed by atoms with Crippen molar-refractivity contribution in [3.63, 3.8) is 0 Å². The van der Waals surface area contributed by atoms with Gasteiger partial charge in [0.25, 0.3) is 17.7 Å². The Bertz CT molecular complexity index is 3720. The van der Waals surface area contributed by atoms with Gasteiger partial charge in [-0.05, 0) is 177 Å². The molecule has 5 amide bonds. The Labute approximate surface area is 547 Å². The van der Waals surface area contributed by atoms with Crippen molar-refractivity contribution in [1.82, 2.24) is 19.8 Å². The minimum Gasteiger partial charge on any atom is -0.478 e. The lowest BCUT2D eigenvalue weighted by Crippen LogP contribution is -2.63. The third-order valence-electron chi connectivity index (χ3n) is 18.5. The van der Waals surface area contributed by atoms with Crippen LogP contribution in [0.2, 0.25) is 5.02 Å². The number of ketones is 1. The molecule has 0 spiro atoms. The maximum atomic E-state index is 12.7. The number of hydrogen-bond acceptors (Lipinski definition) is 15. The molecule has 0 saturated carbocycles. The lowest BCUT2D eigenvalue weighted by molar-refractivity contribution is -0.132. The molecule has 5 saturated heterocycles. The average molecular weight is 1290 g/mol. The monoisotopic (exact) mass is 1290 g/mol. The summed E-state index contributed by atoms with van der Waals surface area (Å²) >= 11 is 6.15. The van der Waals surface area contributed by atoms with Crippen molar-refractivity contribution in [2.24, 2.45) is 17.4 Å². The summed E-state index contributed by atoms with van der Waals surface area (Å²) in [6.07, 6.45) is 14.7. The van der Waals surface area contributed by atoms with Crippen LogP contribution < -0.4 is 42.1 Å². The maximum absolute atomic E-state index is 12.7. The van der Waals surface area contributed by atoms with Crippen LogP contribution in [0.4, 0.5) is 34.4 Å². The zero-order valence-electron chi connectivity index (χ0n) is 53.0. The number of likely N-dealkylation sites (tertiary alicyclic amines) is 2. The van der Waals surface area contributed by atoms with Crippen LogP contribution in [0, 0.1) is 19.8 Å². The standard InChI is InChI=1S/C26H31ClN4O3.C24H30N4O3.C20H22N4O4/c1-18(32)21-17-19(9-10-23(21)29-24(33)20-7-3-4-8-22(20)27)30-15-11-26(12-16-30,25(28)34)31-13-5-2-6-14-31;1-17-7-3-4-8-20(17)23(29)26-18-15-21(24(30)31)22(25-16-18)28-13-9-19(10-14-28)27-11-5-2-6-12-27;1-12-4-2-3-5-15(12)19(26)23-14-10-16(20(27)28)18(22-11-14)24-8-6-13(7-9-24)17(21)25/h3-4,7-10,17H,2,5-6,11-16H2,1H3,(H2,28,34)(H,29,33);3-4,7-8,15-16,19H,2,5-6,9-14H2,1H3,(H,26,29)(H,30,31);2-5,10-11,13H,6-9H2,1H3,(H2,21,25)(H,23,26)(H,27,28). The number of pyridine rings is 2. The predicted molar refractivity (Wildman–Crippen MR) is 360 cm³/mol. The van der Waals surface area contributed by atoms with Gasteiger partial charge in [-0.2, -0.15) is 0 Å². The molecular formula is C70H83ClN12O10. The van der Waals surface area contributed by atoms with E-state index in [2.05, 4.69) is 45.5 Å². The number of halogens is 1. The highest BCUT2D eigenvalue weighted by Gasteiger charge is 2.45. The van der Waals surface area contributed by atoms with E-state index in [-0.39, 0.29) is 52.4 Å². The topological polar surface area (TPSA) is 307 Å². The quantitative estimate of drug-likeness (QED) is 0.0443. The van der Waals surface area contributed by atoms with Gasteiger partial charge in [-0.25, -0.2) is 19.6 Å². The molecule has 5 aliphatic rings. The molecule has 5 fully saturated rings. The average Bonchev–Trinajstić information content (AvgIpc) is 0.910.